The predicted molar refractivity (Wildman–Crippen MR) is 140 cm³/mol. The Bertz CT molecular complexity index is 534. The van der Waals surface area contributed by atoms with Gasteiger partial charge < -0.3 is 14.9 Å². The summed E-state index contributed by atoms with van der Waals surface area (Å²) in [5.74, 6) is -0.284. The molecule has 0 aliphatic carbocycles. The highest BCUT2D eigenvalue weighted by molar-refractivity contribution is 5.69. The molecule has 0 heterocycles. The number of rotatable bonds is 23. The van der Waals surface area contributed by atoms with Crippen LogP contribution in [-0.2, 0) is 9.53 Å². The molecule has 0 radical (unpaired) electrons. The molecule has 0 amide bonds. The van der Waals surface area contributed by atoms with E-state index in [9.17, 15) is 4.79 Å². The minimum atomic E-state index is -0.964. The highest BCUT2D eigenvalue weighted by Gasteiger charge is 2.07. The SMILES string of the molecule is CC/C=C\C/C=C\C/C=C\C/C=C\CCCCCCCCCCCCC(=O)OCC(O)CO. The first-order chi connectivity index (χ1) is 16.2. The van der Waals surface area contributed by atoms with Gasteiger partial charge in [0.05, 0.1) is 6.61 Å². The Labute approximate surface area is 203 Å². The molecule has 0 bridgehead atoms. The van der Waals surface area contributed by atoms with Crippen LogP contribution in [0.15, 0.2) is 48.6 Å². The molecule has 1 atom stereocenters. The van der Waals surface area contributed by atoms with Crippen molar-refractivity contribution in [2.45, 2.75) is 116 Å². The average Bonchev–Trinajstić information content (AvgIpc) is 2.82. The molecule has 0 aliphatic rings. The third-order valence-electron chi connectivity index (χ3n) is 5.37. The molecule has 4 heteroatoms. The van der Waals surface area contributed by atoms with E-state index in [0.29, 0.717) is 6.42 Å². The van der Waals surface area contributed by atoms with Crippen LogP contribution in [-0.4, -0.2) is 35.5 Å². The Morgan fingerprint density at radius 2 is 1.15 bits per heavy atom. The third-order valence-corrected chi connectivity index (χ3v) is 5.37. The number of ether oxygens (including phenoxy) is 1. The number of aliphatic hydroxyl groups excluding tert-OH is 2. The van der Waals surface area contributed by atoms with Crippen molar-refractivity contribution in [1.29, 1.82) is 0 Å². The fourth-order valence-electron chi connectivity index (χ4n) is 3.36. The Morgan fingerprint density at radius 3 is 1.67 bits per heavy atom. The second kappa shape index (κ2) is 26.6. The molecule has 190 valence electrons. The Balaban J connectivity index is 3.29. The maximum absolute atomic E-state index is 11.5. The zero-order valence-corrected chi connectivity index (χ0v) is 21.1. The van der Waals surface area contributed by atoms with Crippen molar-refractivity contribution in [2.75, 3.05) is 13.2 Å². The number of allylic oxidation sites excluding steroid dienone is 8. The van der Waals surface area contributed by atoms with Crippen molar-refractivity contribution in [3.63, 3.8) is 0 Å². The van der Waals surface area contributed by atoms with E-state index >= 15 is 0 Å². The molecule has 0 spiro atoms. The van der Waals surface area contributed by atoms with Crippen molar-refractivity contribution >= 4 is 5.97 Å². The standard InChI is InChI=1S/C29H50O4/c1-2-3-4-5-6-7-8-9-10-11-12-13-14-15-16-17-18-19-20-21-22-23-24-25-29(32)33-27-28(31)26-30/h3-4,6-7,9-10,12-13,28,30-31H,2,5,8,11,14-27H2,1H3/b4-3-,7-6-,10-9-,13-12-. The van der Waals surface area contributed by atoms with Crippen LogP contribution in [0.25, 0.3) is 0 Å². The molecule has 0 aromatic rings. The number of hydrogen-bond donors (Lipinski definition) is 2. The maximum atomic E-state index is 11.5. The van der Waals surface area contributed by atoms with Gasteiger partial charge in [0.1, 0.15) is 12.7 Å². The molecule has 0 saturated carbocycles. The van der Waals surface area contributed by atoms with Crippen molar-refractivity contribution in [2.24, 2.45) is 0 Å². The molecule has 0 saturated heterocycles. The van der Waals surface area contributed by atoms with Crippen LogP contribution < -0.4 is 0 Å². The predicted octanol–water partition coefficient (Wildman–Crippen LogP) is 7.37. The van der Waals surface area contributed by atoms with Crippen LogP contribution in [0.1, 0.15) is 110 Å². The van der Waals surface area contributed by atoms with Gasteiger partial charge in [-0.2, -0.15) is 0 Å². The van der Waals surface area contributed by atoms with Crippen molar-refractivity contribution in [3.8, 4) is 0 Å². The Hall–Kier alpha value is -1.65. The summed E-state index contributed by atoms with van der Waals surface area (Å²) in [6.45, 7) is 1.67. The Morgan fingerprint density at radius 1 is 0.697 bits per heavy atom. The molecule has 2 N–H and O–H groups in total. The zero-order chi connectivity index (χ0) is 24.2. The molecule has 0 fully saturated rings. The molecule has 4 nitrogen and oxygen atoms in total. The number of carbonyl (C=O) groups excluding carboxylic acids is 1. The van der Waals surface area contributed by atoms with Gasteiger partial charge in [0.2, 0.25) is 0 Å². The summed E-state index contributed by atoms with van der Waals surface area (Å²) in [6.07, 6.45) is 35.0. The number of esters is 1. The molecule has 0 aromatic heterocycles. The van der Waals surface area contributed by atoms with Crippen molar-refractivity contribution < 1.29 is 19.7 Å². The molecule has 1 unspecified atom stereocenters. The summed E-state index contributed by atoms with van der Waals surface area (Å²) >= 11 is 0. The fraction of sp³-hybridized carbons (Fsp3) is 0.690. The number of aliphatic hydroxyl groups is 2. The lowest BCUT2D eigenvalue weighted by molar-refractivity contribution is -0.147. The van der Waals surface area contributed by atoms with E-state index in [1.54, 1.807) is 0 Å². The topological polar surface area (TPSA) is 66.8 Å². The van der Waals surface area contributed by atoms with Crippen LogP contribution in [0.3, 0.4) is 0 Å². The first kappa shape index (κ1) is 31.4. The van der Waals surface area contributed by atoms with E-state index in [-0.39, 0.29) is 19.2 Å². The highest BCUT2D eigenvalue weighted by atomic mass is 16.5. The molecule has 33 heavy (non-hydrogen) atoms. The van der Waals surface area contributed by atoms with Crippen LogP contribution in [0.5, 0.6) is 0 Å². The van der Waals surface area contributed by atoms with E-state index in [1.807, 2.05) is 0 Å². The lowest BCUT2D eigenvalue weighted by Gasteiger charge is -2.08. The van der Waals surface area contributed by atoms with Crippen LogP contribution in [0, 0.1) is 0 Å². The minimum absolute atomic E-state index is 0.112. The largest absolute Gasteiger partial charge is 0.463 e. The van der Waals surface area contributed by atoms with Crippen molar-refractivity contribution in [3.05, 3.63) is 48.6 Å². The summed E-state index contributed by atoms with van der Waals surface area (Å²) in [5.41, 5.74) is 0. The van der Waals surface area contributed by atoms with Gasteiger partial charge in [-0.25, -0.2) is 0 Å². The van der Waals surface area contributed by atoms with Crippen molar-refractivity contribution in [1.82, 2.24) is 0 Å². The summed E-state index contributed by atoms with van der Waals surface area (Å²) in [4.78, 5) is 11.5. The zero-order valence-electron chi connectivity index (χ0n) is 21.1. The average molecular weight is 463 g/mol. The van der Waals surface area contributed by atoms with Gasteiger partial charge in [-0.15, -0.1) is 0 Å². The molecule has 0 rings (SSSR count). The second-order valence-corrected chi connectivity index (χ2v) is 8.59. The van der Waals surface area contributed by atoms with Crippen LogP contribution in [0.4, 0.5) is 0 Å². The summed E-state index contributed by atoms with van der Waals surface area (Å²) in [6, 6.07) is 0. The minimum Gasteiger partial charge on any atom is -0.463 e. The number of carbonyl (C=O) groups is 1. The smallest absolute Gasteiger partial charge is 0.305 e. The van der Waals surface area contributed by atoms with E-state index in [0.717, 1.165) is 38.5 Å². The summed E-state index contributed by atoms with van der Waals surface area (Å²) in [5, 5.41) is 17.8. The lowest BCUT2D eigenvalue weighted by atomic mass is 10.1. The first-order valence-corrected chi connectivity index (χ1v) is 13.2. The number of hydrogen-bond acceptors (Lipinski definition) is 4. The monoisotopic (exact) mass is 462 g/mol. The van der Waals surface area contributed by atoms with Crippen LogP contribution in [0.2, 0.25) is 0 Å². The van der Waals surface area contributed by atoms with Gasteiger partial charge >= 0.3 is 5.97 Å². The Kier molecular flexibility index (Phi) is 25.3. The second-order valence-electron chi connectivity index (χ2n) is 8.59. The molecule has 0 aromatic carbocycles. The van der Waals surface area contributed by atoms with E-state index < -0.39 is 6.10 Å². The van der Waals surface area contributed by atoms with Gasteiger partial charge in [0, 0.05) is 6.42 Å². The first-order valence-electron chi connectivity index (χ1n) is 13.2. The summed E-state index contributed by atoms with van der Waals surface area (Å²) < 4.78 is 4.88. The van der Waals surface area contributed by atoms with E-state index in [4.69, 9.17) is 14.9 Å². The molecular formula is C29H50O4. The quantitative estimate of drug-likeness (QED) is 0.0945. The molecule has 0 aliphatic heterocycles. The van der Waals surface area contributed by atoms with E-state index in [1.165, 1.54) is 57.8 Å². The third kappa shape index (κ3) is 26.5. The van der Waals surface area contributed by atoms with Gasteiger partial charge in [0.25, 0.3) is 0 Å². The normalized spacial score (nSPS) is 13.2. The number of unbranched alkanes of at least 4 members (excludes halogenated alkanes) is 10. The highest BCUT2D eigenvalue weighted by Crippen LogP contribution is 2.12. The maximum Gasteiger partial charge on any atom is 0.305 e. The van der Waals surface area contributed by atoms with Gasteiger partial charge in [-0.05, 0) is 44.9 Å². The van der Waals surface area contributed by atoms with Crippen LogP contribution >= 0.6 is 0 Å². The lowest BCUT2D eigenvalue weighted by Crippen LogP contribution is -2.21. The van der Waals surface area contributed by atoms with Gasteiger partial charge in [0.15, 0.2) is 0 Å². The van der Waals surface area contributed by atoms with Gasteiger partial charge in [-0.3, -0.25) is 4.79 Å². The van der Waals surface area contributed by atoms with Gasteiger partial charge in [-0.1, -0.05) is 107 Å². The summed E-state index contributed by atoms with van der Waals surface area (Å²) in [7, 11) is 0. The molecular weight excluding hydrogens is 412 g/mol. The fourth-order valence-corrected chi connectivity index (χ4v) is 3.36. The van der Waals surface area contributed by atoms with E-state index in [2.05, 4.69) is 55.5 Å².